The Morgan fingerprint density at radius 3 is 2.33 bits per heavy atom. The fraction of sp³-hybridized carbons (Fsp3) is 0.355. The first-order valence-electron chi connectivity index (χ1n) is 14.6. The van der Waals surface area contributed by atoms with Gasteiger partial charge in [-0.2, -0.15) is 8.78 Å². The fourth-order valence-corrected chi connectivity index (χ4v) is 5.95. The number of primary amides is 1. The van der Waals surface area contributed by atoms with Gasteiger partial charge in [0, 0.05) is 24.4 Å². The molecule has 1 fully saturated rings. The minimum Gasteiger partial charge on any atom is -0.495 e. The molecule has 0 spiro atoms. The number of ether oxygens (including phenoxy) is 4. The van der Waals surface area contributed by atoms with Crippen LogP contribution in [0.3, 0.4) is 0 Å². The van der Waals surface area contributed by atoms with Crippen molar-refractivity contribution in [3.63, 3.8) is 0 Å². The lowest BCUT2D eigenvalue weighted by molar-refractivity contribution is -0.148. The molecule has 4 rings (SSSR count). The van der Waals surface area contributed by atoms with Crippen molar-refractivity contribution in [2.45, 2.75) is 32.0 Å². The van der Waals surface area contributed by atoms with Crippen LogP contribution in [0.15, 0.2) is 48.8 Å². The van der Waals surface area contributed by atoms with Gasteiger partial charge in [0.05, 0.1) is 35.7 Å². The van der Waals surface area contributed by atoms with Gasteiger partial charge in [0.25, 0.3) is 5.91 Å². The van der Waals surface area contributed by atoms with Crippen molar-refractivity contribution >= 4 is 56.7 Å². The number of carbonyl (C=O) groups is 3. The summed E-state index contributed by atoms with van der Waals surface area (Å²) in [4.78, 5) is 41.7. The Labute approximate surface area is 290 Å². The number of alkyl halides is 2. The summed E-state index contributed by atoms with van der Waals surface area (Å²) in [5.74, 6) is -2.53. The second-order valence-corrected chi connectivity index (χ2v) is 13.6. The average molecular weight is 746 g/mol. The molecule has 49 heavy (non-hydrogen) atoms. The summed E-state index contributed by atoms with van der Waals surface area (Å²) in [6.45, 7) is -4.20. The van der Waals surface area contributed by atoms with Gasteiger partial charge in [-0.15, -0.1) is 0 Å². The number of anilines is 1. The molecule has 2 amide bonds. The fourth-order valence-electron chi connectivity index (χ4n) is 4.57. The standard InChI is InChI=1S/C31H32Cl2F2N4O9S/c1-45-24-7-6-19(9-23(24)39(15-28(36)40)49(2,43)44)30(42)38-14-29(41)47-26(11-20-21(32)12-37-13-22(20)33)18-5-8-25(48-31(34)35)27(10-18)46-16-17-3-4-17/h5-10,12-13,17,26,31H,3-4,11,14-16H2,1-2H3,(H2,36,40)(H,38,42)/t26-/m0/s1. The topological polar surface area (TPSA) is 176 Å². The molecule has 13 nitrogen and oxygen atoms in total. The second-order valence-electron chi connectivity index (χ2n) is 10.9. The molecule has 18 heteroatoms. The summed E-state index contributed by atoms with van der Waals surface area (Å²) in [5, 5.41) is 2.76. The Morgan fingerprint density at radius 1 is 1.06 bits per heavy atom. The first-order valence-corrected chi connectivity index (χ1v) is 17.2. The number of hydrogen-bond donors (Lipinski definition) is 2. The summed E-state index contributed by atoms with van der Waals surface area (Å²) in [7, 11) is -2.77. The van der Waals surface area contributed by atoms with E-state index in [1.165, 1.54) is 49.8 Å². The summed E-state index contributed by atoms with van der Waals surface area (Å²) in [6.07, 6.45) is 4.26. The number of nitrogens with two attached hydrogens (primary N) is 1. The molecule has 0 aliphatic heterocycles. The van der Waals surface area contributed by atoms with Crippen LogP contribution in [0.5, 0.6) is 17.2 Å². The molecule has 1 aliphatic rings. The molecule has 1 saturated carbocycles. The van der Waals surface area contributed by atoms with Gasteiger partial charge in [-0.05, 0) is 60.2 Å². The number of aromatic nitrogens is 1. The van der Waals surface area contributed by atoms with E-state index in [4.69, 9.17) is 43.1 Å². The molecule has 0 unspecified atom stereocenters. The number of amides is 2. The smallest absolute Gasteiger partial charge is 0.387 e. The van der Waals surface area contributed by atoms with E-state index in [-0.39, 0.29) is 57.5 Å². The van der Waals surface area contributed by atoms with E-state index < -0.39 is 53.6 Å². The molecule has 2 aromatic carbocycles. The van der Waals surface area contributed by atoms with Gasteiger partial charge >= 0.3 is 12.6 Å². The zero-order valence-electron chi connectivity index (χ0n) is 26.2. The Kier molecular flexibility index (Phi) is 12.5. The van der Waals surface area contributed by atoms with Gasteiger partial charge in [0.1, 0.15) is 24.9 Å². The zero-order valence-corrected chi connectivity index (χ0v) is 28.5. The van der Waals surface area contributed by atoms with E-state index in [0.717, 1.165) is 25.2 Å². The third-order valence-corrected chi connectivity index (χ3v) is 8.92. The molecule has 1 heterocycles. The Bertz CT molecular complexity index is 1790. The van der Waals surface area contributed by atoms with Crippen molar-refractivity contribution in [2.24, 2.45) is 11.7 Å². The lowest BCUT2D eigenvalue weighted by Crippen LogP contribution is -2.38. The maximum absolute atomic E-state index is 13.1. The minimum atomic E-state index is -4.03. The van der Waals surface area contributed by atoms with E-state index in [9.17, 15) is 31.6 Å². The highest BCUT2D eigenvalue weighted by Gasteiger charge is 2.27. The molecule has 0 radical (unpaired) electrons. The summed E-state index contributed by atoms with van der Waals surface area (Å²) >= 11 is 12.7. The number of carbonyl (C=O) groups excluding carboxylic acids is 3. The Morgan fingerprint density at radius 2 is 1.73 bits per heavy atom. The maximum Gasteiger partial charge on any atom is 0.387 e. The lowest BCUT2D eigenvalue weighted by Gasteiger charge is -2.23. The number of halogens is 4. The molecule has 3 N–H and O–H groups in total. The predicted molar refractivity (Wildman–Crippen MR) is 175 cm³/mol. The average Bonchev–Trinajstić information content (AvgIpc) is 3.87. The highest BCUT2D eigenvalue weighted by Crippen LogP contribution is 2.38. The highest BCUT2D eigenvalue weighted by molar-refractivity contribution is 7.92. The van der Waals surface area contributed by atoms with Crippen molar-refractivity contribution < 1.29 is 50.5 Å². The summed E-state index contributed by atoms with van der Waals surface area (Å²) in [5.41, 5.74) is 5.72. The largest absolute Gasteiger partial charge is 0.495 e. The van der Waals surface area contributed by atoms with Gasteiger partial charge in [0.2, 0.25) is 15.9 Å². The van der Waals surface area contributed by atoms with Crippen LogP contribution >= 0.6 is 23.2 Å². The number of nitrogens with one attached hydrogen (secondary N) is 1. The van der Waals surface area contributed by atoms with Gasteiger partial charge < -0.3 is 30.0 Å². The third-order valence-electron chi connectivity index (χ3n) is 7.15. The number of nitrogens with zero attached hydrogens (tertiary/aromatic N) is 2. The number of rotatable bonds is 17. The Hall–Kier alpha value is -4.41. The maximum atomic E-state index is 13.1. The molecular weight excluding hydrogens is 713 g/mol. The zero-order chi connectivity index (χ0) is 35.9. The Balaban J connectivity index is 1.57. The third kappa shape index (κ3) is 10.5. The molecule has 264 valence electrons. The van der Waals surface area contributed by atoms with Crippen LogP contribution in [0.4, 0.5) is 14.5 Å². The number of hydrogen-bond acceptors (Lipinski definition) is 10. The molecule has 1 aliphatic carbocycles. The van der Waals surface area contributed by atoms with E-state index in [0.29, 0.717) is 15.4 Å². The van der Waals surface area contributed by atoms with Crippen molar-refractivity contribution in [1.82, 2.24) is 10.3 Å². The molecule has 1 atom stereocenters. The molecule has 0 saturated heterocycles. The quantitative estimate of drug-likeness (QED) is 0.190. The van der Waals surface area contributed by atoms with Crippen LogP contribution in [-0.4, -0.2) is 70.9 Å². The first kappa shape index (κ1) is 37.4. The van der Waals surface area contributed by atoms with E-state index in [2.05, 4.69) is 15.0 Å². The van der Waals surface area contributed by atoms with Gasteiger partial charge in [0.15, 0.2) is 11.5 Å². The molecule has 3 aromatic rings. The molecule has 1 aromatic heterocycles. The van der Waals surface area contributed by atoms with Crippen molar-refractivity contribution in [3.8, 4) is 17.2 Å². The van der Waals surface area contributed by atoms with E-state index in [1.54, 1.807) is 0 Å². The van der Waals surface area contributed by atoms with Crippen molar-refractivity contribution in [1.29, 1.82) is 0 Å². The van der Waals surface area contributed by atoms with Crippen LogP contribution in [0.2, 0.25) is 10.0 Å². The number of esters is 1. The van der Waals surface area contributed by atoms with Crippen LogP contribution in [0.1, 0.15) is 40.4 Å². The van der Waals surface area contributed by atoms with E-state index in [1.807, 2.05) is 0 Å². The van der Waals surface area contributed by atoms with Gasteiger partial charge in [-0.1, -0.05) is 29.3 Å². The number of methoxy groups -OCH3 is 1. The summed E-state index contributed by atoms with van der Waals surface area (Å²) < 4.78 is 73.1. The van der Waals surface area contributed by atoms with Crippen molar-refractivity contribution in [3.05, 3.63) is 75.5 Å². The predicted octanol–water partition coefficient (Wildman–Crippen LogP) is 4.30. The normalized spacial score (nSPS) is 13.4. The molecule has 0 bridgehead atoms. The van der Waals surface area contributed by atoms with Crippen LogP contribution < -0.4 is 29.6 Å². The van der Waals surface area contributed by atoms with Crippen LogP contribution in [-0.2, 0) is 30.8 Å². The van der Waals surface area contributed by atoms with Crippen molar-refractivity contribution in [2.75, 3.05) is 37.4 Å². The van der Waals surface area contributed by atoms with E-state index >= 15 is 0 Å². The van der Waals surface area contributed by atoms with Crippen LogP contribution in [0, 0.1) is 5.92 Å². The SMILES string of the molecule is COc1ccc(C(=O)NCC(=O)O[C@@H](Cc2c(Cl)cncc2Cl)c2ccc(OC(F)F)c(OCC3CC3)c2)cc1N(CC(N)=O)S(C)(=O)=O. The summed E-state index contributed by atoms with van der Waals surface area (Å²) in [6, 6.07) is 7.88. The second kappa shape index (κ2) is 16.3. The first-order chi connectivity index (χ1) is 23.2. The van der Waals surface area contributed by atoms with Gasteiger partial charge in [-0.25, -0.2) is 8.42 Å². The lowest BCUT2D eigenvalue weighted by atomic mass is 10.0. The number of sulfonamides is 1. The molecular formula is C31H32Cl2F2N4O9S. The minimum absolute atomic E-state index is 0.0146. The van der Waals surface area contributed by atoms with Crippen LogP contribution in [0.25, 0.3) is 0 Å². The number of pyridine rings is 1. The van der Waals surface area contributed by atoms with Gasteiger partial charge in [-0.3, -0.25) is 23.7 Å². The number of benzene rings is 2. The highest BCUT2D eigenvalue weighted by atomic mass is 35.5. The monoisotopic (exact) mass is 744 g/mol.